The first kappa shape index (κ1) is 11.4. The molecule has 0 amide bonds. The van der Waals surface area contributed by atoms with E-state index in [1.807, 2.05) is 0 Å². The van der Waals surface area contributed by atoms with Crippen molar-refractivity contribution >= 4 is 0 Å². The van der Waals surface area contributed by atoms with Crippen molar-refractivity contribution in [2.45, 2.75) is 31.7 Å². The van der Waals surface area contributed by atoms with Crippen molar-refractivity contribution in [2.24, 2.45) is 5.92 Å². The smallest absolute Gasteiger partial charge is 0.0468 e. The molecule has 2 fully saturated rings. The van der Waals surface area contributed by atoms with Crippen molar-refractivity contribution < 1.29 is 4.74 Å². The average molecular weight is 212 g/mol. The Morgan fingerprint density at radius 2 is 2.13 bits per heavy atom. The monoisotopic (exact) mass is 212 g/mol. The minimum absolute atomic E-state index is 0.746. The molecule has 0 aromatic carbocycles. The van der Waals surface area contributed by atoms with Crippen LogP contribution in [0.4, 0.5) is 0 Å². The molecule has 0 bridgehead atoms. The number of rotatable bonds is 2. The molecule has 0 aliphatic carbocycles. The summed E-state index contributed by atoms with van der Waals surface area (Å²) >= 11 is 0. The van der Waals surface area contributed by atoms with E-state index >= 15 is 0 Å². The lowest BCUT2D eigenvalue weighted by Gasteiger charge is -2.31. The number of ether oxygens (including phenoxy) is 1. The molecule has 0 aromatic heterocycles. The second-order valence-electron chi connectivity index (χ2n) is 4.98. The van der Waals surface area contributed by atoms with Gasteiger partial charge in [0, 0.05) is 25.8 Å². The van der Waals surface area contributed by atoms with Crippen LogP contribution in [0.25, 0.3) is 0 Å². The van der Waals surface area contributed by atoms with Crippen LogP contribution in [0.1, 0.15) is 25.7 Å². The third kappa shape index (κ3) is 3.44. The second kappa shape index (κ2) is 5.83. The summed E-state index contributed by atoms with van der Waals surface area (Å²) in [5.41, 5.74) is 0. The fourth-order valence-corrected chi connectivity index (χ4v) is 2.69. The van der Waals surface area contributed by atoms with Gasteiger partial charge in [0.2, 0.25) is 0 Å². The van der Waals surface area contributed by atoms with Gasteiger partial charge >= 0.3 is 0 Å². The molecular weight excluding hydrogens is 188 g/mol. The zero-order valence-electron chi connectivity index (χ0n) is 9.87. The van der Waals surface area contributed by atoms with Gasteiger partial charge in [0.15, 0.2) is 0 Å². The minimum Gasteiger partial charge on any atom is -0.381 e. The summed E-state index contributed by atoms with van der Waals surface area (Å²) in [7, 11) is 2.27. The molecule has 2 aliphatic heterocycles. The van der Waals surface area contributed by atoms with E-state index in [1.54, 1.807) is 0 Å². The lowest BCUT2D eigenvalue weighted by Crippen LogP contribution is -2.39. The molecule has 2 heterocycles. The standard InChI is InChI=1S/C12H24N2O/c1-14-6-2-5-13-10-12(14)9-11-3-7-15-8-4-11/h11-13H,2-10H2,1H3. The highest BCUT2D eigenvalue weighted by molar-refractivity contribution is 4.79. The number of hydrogen-bond acceptors (Lipinski definition) is 3. The van der Waals surface area contributed by atoms with Crippen LogP contribution in [0.2, 0.25) is 0 Å². The maximum atomic E-state index is 5.41. The lowest BCUT2D eigenvalue weighted by molar-refractivity contribution is 0.0545. The SMILES string of the molecule is CN1CCCNCC1CC1CCOCC1. The van der Waals surface area contributed by atoms with Gasteiger partial charge in [-0.2, -0.15) is 0 Å². The van der Waals surface area contributed by atoms with Gasteiger partial charge in [-0.25, -0.2) is 0 Å². The lowest BCUT2D eigenvalue weighted by atomic mass is 9.92. The van der Waals surface area contributed by atoms with Gasteiger partial charge in [-0.3, -0.25) is 0 Å². The highest BCUT2D eigenvalue weighted by atomic mass is 16.5. The Hall–Kier alpha value is -0.120. The number of likely N-dealkylation sites (N-methyl/N-ethyl adjacent to an activating group) is 1. The van der Waals surface area contributed by atoms with Gasteiger partial charge in [-0.1, -0.05) is 0 Å². The molecule has 15 heavy (non-hydrogen) atoms. The molecule has 0 saturated carbocycles. The van der Waals surface area contributed by atoms with E-state index in [4.69, 9.17) is 4.74 Å². The van der Waals surface area contributed by atoms with Crippen LogP contribution in [0.5, 0.6) is 0 Å². The molecule has 3 heteroatoms. The predicted octanol–water partition coefficient (Wildman–Crippen LogP) is 1.10. The van der Waals surface area contributed by atoms with E-state index in [1.165, 1.54) is 45.3 Å². The maximum absolute atomic E-state index is 5.41. The molecule has 0 aromatic rings. The van der Waals surface area contributed by atoms with Crippen LogP contribution in [-0.4, -0.2) is 50.8 Å². The van der Waals surface area contributed by atoms with E-state index in [0.717, 1.165) is 25.2 Å². The summed E-state index contributed by atoms with van der Waals surface area (Å²) in [5, 5.41) is 3.54. The average Bonchev–Trinajstić information content (AvgIpc) is 2.46. The Kier molecular flexibility index (Phi) is 4.42. The summed E-state index contributed by atoms with van der Waals surface area (Å²) in [6, 6.07) is 0.746. The first-order valence-corrected chi connectivity index (χ1v) is 6.35. The Morgan fingerprint density at radius 1 is 1.33 bits per heavy atom. The quantitative estimate of drug-likeness (QED) is 0.742. The van der Waals surface area contributed by atoms with Gasteiger partial charge in [0.1, 0.15) is 0 Å². The van der Waals surface area contributed by atoms with Crippen molar-refractivity contribution in [1.82, 2.24) is 10.2 Å². The fraction of sp³-hybridized carbons (Fsp3) is 1.00. The van der Waals surface area contributed by atoms with E-state index in [-0.39, 0.29) is 0 Å². The molecule has 2 saturated heterocycles. The fourth-order valence-electron chi connectivity index (χ4n) is 2.69. The van der Waals surface area contributed by atoms with Crippen LogP contribution in [0, 0.1) is 5.92 Å². The third-order valence-corrected chi connectivity index (χ3v) is 3.81. The normalized spacial score (nSPS) is 31.4. The van der Waals surface area contributed by atoms with Gasteiger partial charge in [0.25, 0.3) is 0 Å². The Balaban J connectivity index is 1.79. The highest BCUT2D eigenvalue weighted by Gasteiger charge is 2.22. The van der Waals surface area contributed by atoms with Crippen molar-refractivity contribution in [3.63, 3.8) is 0 Å². The minimum atomic E-state index is 0.746. The Bertz CT molecular complexity index is 180. The van der Waals surface area contributed by atoms with Crippen molar-refractivity contribution in [3.05, 3.63) is 0 Å². The topological polar surface area (TPSA) is 24.5 Å². The largest absolute Gasteiger partial charge is 0.381 e. The first-order valence-electron chi connectivity index (χ1n) is 6.35. The van der Waals surface area contributed by atoms with Crippen LogP contribution in [0.15, 0.2) is 0 Å². The zero-order valence-corrected chi connectivity index (χ0v) is 9.87. The molecule has 1 atom stereocenters. The van der Waals surface area contributed by atoms with Crippen molar-refractivity contribution in [2.75, 3.05) is 39.9 Å². The zero-order chi connectivity index (χ0) is 10.5. The molecule has 0 spiro atoms. The van der Waals surface area contributed by atoms with E-state index in [9.17, 15) is 0 Å². The highest BCUT2D eigenvalue weighted by Crippen LogP contribution is 2.22. The molecule has 1 unspecified atom stereocenters. The van der Waals surface area contributed by atoms with Crippen LogP contribution in [0.3, 0.4) is 0 Å². The summed E-state index contributed by atoms with van der Waals surface area (Å²) in [4.78, 5) is 2.54. The van der Waals surface area contributed by atoms with E-state index < -0.39 is 0 Å². The van der Waals surface area contributed by atoms with Crippen molar-refractivity contribution in [3.8, 4) is 0 Å². The summed E-state index contributed by atoms with van der Waals surface area (Å²) in [5.74, 6) is 0.895. The number of nitrogens with one attached hydrogen (secondary N) is 1. The van der Waals surface area contributed by atoms with Crippen molar-refractivity contribution in [1.29, 1.82) is 0 Å². The van der Waals surface area contributed by atoms with Gasteiger partial charge in [0.05, 0.1) is 0 Å². The van der Waals surface area contributed by atoms with Gasteiger partial charge < -0.3 is 15.0 Å². The number of nitrogens with zero attached hydrogens (tertiary/aromatic N) is 1. The van der Waals surface area contributed by atoms with Gasteiger partial charge in [-0.15, -0.1) is 0 Å². The summed E-state index contributed by atoms with van der Waals surface area (Å²) < 4.78 is 5.41. The third-order valence-electron chi connectivity index (χ3n) is 3.81. The molecule has 88 valence electrons. The van der Waals surface area contributed by atoms with E-state index in [0.29, 0.717) is 0 Å². The van der Waals surface area contributed by atoms with Crippen LogP contribution >= 0.6 is 0 Å². The maximum Gasteiger partial charge on any atom is 0.0468 e. The number of hydrogen-bond donors (Lipinski definition) is 1. The predicted molar refractivity (Wildman–Crippen MR) is 62.1 cm³/mol. The second-order valence-corrected chi connectivity index (χ2v) is 4.98. The molecule has 0 radical (unpaired) electrons. The molecule has 2 rings (SSSR count). The summed E-state index contributed by atoms with van der Waals surface area (Å²) in [6.07, 6.45) is 5.18. The van der Waals surface area contributed by atoms with Crippen LogP contribution < -0.4 is 5.32 Å². The molecule has 1 N–H and O–H groups in total. The van der Waals surface area contributed by atoms with Gasteiger partial charge in [-0.05, 0) is 51.7 Å². The Morgan fingerprint density at radius 3 is 2.93 bits per heavy atom. The first-order chi connectivity index (χ1) is 7.36. The Labute approximate surface area is 93.2 Å². The summed E-state index contributed by atoms with van der Waals surface area (Å²) in [6.45, 7) is 5.58. The molecular formula is C12H24N2O. The van der Waals surface area contributed by atoms with Crippen LogP contribution in [-0.2, 0) is 4.74 Å². The molecule has 2 aliphatic rings. The molecule has 3 nitrogen and oxygen atoms in total. The van der Waals surface area contributed by atoms with E-state index in [2.05, 4.69) is 17.3 Å².